The highest BCUT2D eigenvalue weighted by atomic mass is 16.5. The number of nitrogens with one attached hydrogen (secondary N) is 1. The number of likely N-dealkylation sites (tertiary alicyclic amines) is 1. The molecule has 35 heavy (non-hydrogen) atoms. The van der Waals surface area contributed by atoms with E-state index in [1.54, 1.807) is 7.11 Å². The van der Waals surface area contributed by atoms with Gasteiger partial charge in [0.2, 0.25) is 11.8 Å². The molecule has 0 bridgehead atoms. The first kappa shape index (κ1) is 24.6. The number of hydrogen-bond acceptors (Lipinski definition) is 3. The van der Waals surface area contributed by atoms with Crippen molar-refractivity contribution in [3.8, 4) is 5.75 Å². The van der Waals surface area contributed by atoms with Gasteiger partial charge >= 0.3 is 0 Å². The van der Waals surface area contributed by atoms with Gasteiger partial charge in [-0.25, -0.2) is 0 Å². The second kappa shape index (κ2) is 8.52. The summed E-state index contributed by atoms with van der Waals surface area (Å²) in [5.74, 6) is 2.16. The Morgan fingerprint density at radius 2 is 1.89 bits per heavy atom. The lowest BCUT2D eigenvalue weighted by Crippen LogP contribution is -2.65. The van der Waals surface area contributed by atoms with E-state index >= 15 is 0 Å². The van der Waals surface area contributed by atoms with Gasteiger partial charge in [-0.2, -0.15) is 0 Å². The molecule has 1 aliphatic heterocycles. The Balaban J connectivity index is 1.39. The van der Waals surface area contributed by atoms with Crippen LogP contribution in [0.4, 0.5) is 0 Å². The molecule has 4 fully saturated rings. The van der Waals surface area contributed by atoms with Crippen molar-refractivity contribution in [2.45, 2.75) is 90.6 Å². The molecule has 5 heteroatoms. The van der Waals surface area contributed by atoms with Crippen LogP contribution in [-0.4, -0.2) is 36.9 Å². The zero-order chi connectivity index (χ0) is 25.2. The standard InChI is InChI=1S/C30H44N2O3/c1-28(2,19-9-7-10-20(17-19)35-6)31-26(33)22-18-30(4)24-14-16-29(3)15-8-11-23(29)21(24)12-13-25(30)32(5)27(22)34/h7,9-10,17,21-25H,8,11-16,18H2,1-6H3,(H,31,33)/t21-,22?,23-,24+,25?,29-,30+/m0/s1. The van der Waals surface area contributed by atoms with Gasteiger partial charge in [-0.3, -0.25) is 9.59 Å². The number of methoxy groups -OCH3 is 1. The summed E-state index contributed by atoms with van der Waals surface area (Å²) < 4.78 is 5.39. The van der Waals surface area contributed by atoms with Crippen molar-refractivity contribution < 1.29 is 14.3 Å². The Hall–Kier alpha value is -2.04. The van der Waals surface area contributed by atoms with E-state index in [1.165, 1.54) is 38.5 Å². The number of piperidine rings is 1. The van der Waals surface area contributed by atoms with Gasteiger partial charge in [-0.1, -0.05) is 32.4 Å². The largest absolute Gasteiger partial charge is 0.497 e. The third-order valence-electron chi connectivity index (χ3n) is 10.9. The molecule has 2 amide bonds. The Labute approximate surface area is 211 Å². The second-order valence-corrected chi connectivity index (χ2v) is 13.1. The minimum Gasteiger partial charge on any atom is -0.497 e. The summed E-state index contributed by atoms with van der Waals surface area (Å²) in [5, 5.41) is 3.23. The van der Waals surface area contributed by atoms with E-state index < -0.39 is 11.5 Å². The maximum Gasteiger partial charge on any atom is 0.235 e. The molecule has 0 spiro atoms. The first-order valence-corrected chi connectivity index (χ1v) is 13.7. The number of hydrogen-bond donors (Lipinski definition) is 1. The molecule has 1 N–H and O–H groups in total. The number of carbonyl (C=O) groups is 2. The lowest BCUT2D eigenvalue weighted by atomic mass is 9.47. The van der Waals surface area contributed by atoms with Crippen LogP contribution >= 0.6 is 0 Å². The Morgan fingerprint density at radius 3 is 2.63 bits per heavy atom. The molecular formula is C30H44N2O3. The lowest BCUT2D eigenvalue weighted by Gasteiger charge is -2.62. The van der Waals surface area contributed by atoms with Crippen molar-refractivity contribution in [1.29, 1.82) is 0 Å². The van der Waals surface area contributed by atoms with Crippen molar-refractivity contribution in [2.24, 2.45) is 34.5 Å². The number of benzene rings is 1. The Kier molecular flexibility index (Phi) is 6.00. The average molecular weight is 481 g/mol. The fourth-order valence-electron chi connectivity index (χ4n) is 8.96. The van der Waals surface area contributed by atoms with Crippen molar-refractivity contribution >= 4 is 11.8 Å². The van der Waals surface area contributed by atoms with Crippen LogP contribution < -0.4 is 10.1 Å². The second-order valence-electron chi connectivity index (χ2n) is 13.1. The zero-order valence-electron chi connectivity index (χ0n) is 22.5. The maximum absolute atomic E-state index is 13.7. The normalized spacial score (nSPS) is 38.9. The number of fused-ring (bicyclic) bond motifs is 5. The van der Waals surface area contributed by atoms with Gasteiger partial charge in [0.1, 0.15) is 11.7 Å². The van der Waals surface area contributed by atoms with Crippen molar-refractivity contribution in [3.63, 3.8) is 0 Å². The molecular weight excluding hydrogens is 436 g/mol. The molecule has 0 aromatic heterocycles. The van der Waals surface area contributed by atoms with Crippen LogP contribution in [0.15, 0.2) is 24.3 Å². The molecule has 5 rings (SSSR count). The number of carbonyl (C=O) groups excluding carboxylic acids is 2. The number of ether oxygens (including phenoxy) is 1. The van der Waals surface area contributed by atoms with Crippen LogP contribution in [0.1, 0.15) is 84.6 Å². The van der Waals surface area contributed by atoms with Crippen LogP contribution in [-0.2, 0) is 15.1 Å². The number of rotatable bonds is 4. The third-order valence-corrected chi connectivity index (χ3v) is 10.9. The van der Waals surface area contributed by atoms with Crippen LogP contribution in [0.5, 0.6) is 5.75 Å². The van der Waals surface area contributed by atoms with E-state index in [-0.39, 0.29) is 23.3 Å². The van der Waals surface area contributed by atoms with Crippen LogP contribution in [0.2, 0.25) is 0 Å². The predicted octanol–water partition coefficient (Wildman–Crippen LogP) is 5.53. The quantitative estimate of drug-likeness (QED) is 0.577. The van der Waals surface area contributed by atoms with Crippen LogP contribution in [0.3, 0.4) is 0 Å². The fraction of sp³-hybridized carbons (Fsp3) is 0.733. The van der Waals surface area contributed by atoms with E-state index in [9.17, 15) is 9.59 Å². The SMILES string of the molecule is COc1cccc(C(C)(C)NC(=O)C2C[C@@]3(C)C(CC[C@@H]4[C@H]3CC[C@]3(C)CCC[C@@H]43)N(C)C2=O)c1. The highest BCUT2D eigenvalue weighted by Gasteiger charge is 2.61. The highest BCUT2D eigenvalue weighted by Crippen LogP contribution is 2.65. The molecule has 3 saturated carbocycles. The number of nitrogens with zero attached hydrogens (tertiary/aromatic N) is 1. The molecule has 7 atom stereocenters. The first-order chi connectivity index (χ1) is 16.5. The summed E-state index contributed by atoms with van der Waals surface area (Å²) >= 11 is 0. The smallest absolute Gasteiger partial charge is 0.235 e. The van der Waals surface area contributed by atoms with E-state index in [4.69, 9.17) is 4.74 Å². The van der Waals surface area contributed by atoms with E-state index in [2.05, 4.69) is 19.2 Å². The van der Waals surface area contributed by atoms with Gasteiger partial charge in [0, 0.05) is 13.1 Å². The molecule has 1 saturated heterocycles. The van der Waals surface area contributed by atoms with Gasteiger partial charge in [0.05, 0.1) is 12.6 Å². The first-order valence-electron chi connectivity index (χ1n) is 13.7. The molecule has 5 nitrogen and oxygen atoms in total. The topological polar surface area (TPSA) is 58.6 Å². The van der Waals surface area contributed by atoms with Crippen LogP contribution in [0.25, 0.3) is 0 Å². The molecule has 1 aromatic rings. The monoisotopic (exact) mass is 480 g/mol. The Morgan fingerprint density at radius 1 is 1.11 bits per heavy atom. The molecule has 3 aliphatic carbocycles. The zero-order valence-corrected chi connectivity index (χ0v) is 22.5. The number of amides is 2. The molecule has 1 heterocycles. The Bertz CT molecular complexity index is 1010. The summed E-state index contributed by atoms with van der Waals surface area (Å²) in [5.41, 5.74) is 0.875. The summed E-state index contributed by atoms with van der Waals surface area (Å²) in [6, 6.07) is 8.05. The fourth-order valence-corrected chi connectivity index (χ4v) is 8.96. The minimum absolute atomic E-state index is 0.00237. The van der Waals surface area contributed by atoms with Crippen molar-refractivity contribution in [3.05, 3.63) is 29.8 Å². The van der Waals surface area contributed by atoms with Gasteiger partial charge < -0.3 is 15.0 Å². The molecule has 2 unspecified atom stereocenters. The molecule has 192 valence electrons. The minimum atomic E-state index is -0.623. The van der Waals surface area contributed by atoms with Gasteiger partial charge in [-0.05, 0) is 105 Å². The van der Waals surface area contributed by atoms with E-state index in [1.807, 2.05) is 50.1 Å². The summed E-state index contributed by atoms with van der Waals surface area (Å²) in [6.45, 7) is 8.94. The van der Waals surface area contributed by atoms with Crippen molar-refractivity contribution in [2.75, 3.05) is 14.2 Å². The van der Waals surface area contributed by atoms with Crippen LogP contribution in [0, 0.1) is 34.5 Å². The predicted molar refractivity (Wildman–Crippen MR) is 138 cm³/mol. The van der Waals surface area contributed by atoms with Crippen molar-refractivity contribution in [1.82, 2.24) is 10.2 Å². The summed E-state index contributed by atoms with van der Waals surface area (Å²) in [7, 11) is 3.59. The van der Waals surface area contributed by atoms with Gasteiger partial charge in [-0.15, -0.1) is 0 Å². The third kappa shape index (κ3) is 3.88. The van der Waals surface area contributed by atoms with E-state index in [0.29, 0.717) is 17.8 Å². The molecule has 1 aromatic carbocycles. The average Bonchev–Trinajstić information content (AvgIpc) is 3.23. The molecule has 0 radical (unpaired) electrons. The highest BCUT2D eigenvalue weighted by molar-refractivity contribution is 6.01. The summed E-state index contributed by atoms with van der Waals surface area (Å²) in [4.78, 5) is 29.2. The molecule has 4 aliphatic rings. The lowest BCUT2D eigenvalue weighted by molar-refractivity contribution is -0.169. The van der Waals surface area contributed by atoms with E-state index in [0.717, 1.165) is 29.6 Å². The van der Waals surface area contributed by atoms with Gasteiger partial charge in [0.15, 0.2) is 0 Å². The van der Waals surface area contributed by atoms with Gasteiger partial charge in [0.25, 0.3) is 0 Å². The maximum atomic E-state index is 13.7. The summed E-state index contributed by atoms with van der Waals surface area (Å²) in [6.07, 6.45) is 9.65.